The van der Waals surface area contributed by atoms with Gasteiger partial charge in [-0.15, -0.1) is 0 Å². The van der Waals surface area contributed by atoms with Crippen molar-refractivity contribution in [2.45, 2.75) is 6.92 Å². The van der Waals surface area contributed by atoms with E-state index < -0.39 is 0 Å². The van der Waals surface area contributed by atoms with Gasteiger partial charge in [-0.2, -0.15) is 0 Å². The summed E-state index contributed by atoms with van der Waals surface area (Å²) in [4.78, 5) is 22.3. The number of aromatic amines is 1. The largest absolute Gasteiger partial charge is 0.354 e. The van der Waals surface area contributed by atoms with Crippen molar-refractivity contribution in [3.05, 3.63) is 70.8 Å². The quantitative estimate of drug-likeness (QED) is 0.555. The lowest BCUT2D eigenvalue weighted by molar-refractivity contribution is 0.585. The second-order valence-electron chi connectivity index (χ2n) is 7.89. The molecular formula is C24H25N5O. The molecule has 0 unspecified atom stereocenters. The predicted molar refractivity (Wildman–Crippen MR) is 122 cm³/mol. The van der Waals surface area contributed by atoms with Gasteiger partial charge in [0.15, 0.2) is 0 Å². The summed E-state index contributed by atoms with van der Waals surface area (Å²) in [6.45, 7) is 6.11. The van der Waals surface area contributed by atoms with Crippen LogP contribution >= 0.6 is 0 Å². The number of benzene rings is 1. The van der Waals surface area contributed by atoms with Crippen molar-refractivity contribution >= 4 is 16.7 Å². The van der Waals surface area contributed by atoms with E-state index in [1.54, 1.807) is 17.7 Å². The zero-order chi connectivity index (χ0) is 20.7. The Bertz CT molecular complexity index is 1260. The van der Waals surface area contributed by atoms with E-state index in [-0.39, 0.29) is 5.56 Å². The number of nitrogens with one attached hydrogen (secondary N) is 2. The molecule has 6 heteroatoms. The van der Waals surface area contributed by atoms with Crippen molar-refractivity contribution in [2.24, 2.45) is 7.05 Å². The van der Waals surface area contributed by atoms with Crippen LogP contribution in [0, 0.1) is 6.92 Å². The summed E-state index contributed by atoms with van der Waals surface area (Å²) in [5.74, 6) is 1.04. The maximum atomic E-state index is 11.7. The number of aromatic nitrogens is 3. The third-order valence-corrected chi connectivity index (χ3v) is 5.95. The number of hydrogen-bond donors (Lipinski definition) is 2. The van der Waals surface area contributed by atoms with Gasteiger partial charge in [-0.05, 0) is 42.3 Å². The van der Waals surface area contributed by atoms with E-state index in [1.165, 1.54) is 10.9 Å². The molecule has 4 aromatic rings. The summed E-state index contributed by atoms with van der Waals surface area (Å²) >= 11 is 0. The van der Waals surface area contributed by atoms with E-state index in [0.717, 1.165) is 59.9 Å². The van der Waals surface area contributed by atoms with Gasteiger partial charge in [-0.25, -0.2) is 4.98 Å². The fourth-order valence-corrected chi connectivity index (χ4v) is 4.19. The van der Waals surface area contributed by atoms with Crippen molar-refractivity contribution in [1.29, 1.82) is 0 Å². The first kappa shape index (κ1) is 18.6. The Hall–Kier alpha value is -3.38. The Balaban J connectivity index is 1.49. The summed E-state index contributed by atoms with van der Waals surface area (Å²) in [5.41, 5.74) is 6.55. The standard InChI is InChI=1S/C24H25N5O/c1-16-20-6-3-17(18-4-7-22(26-14-18)29-11-9-25-10-12-29)13-21(20)27-24(16)19-5-8-23(30)28(2)15-19/h3-8,13-15,25,27H,9-12H2,1-2H3. The van der Waals surface area contributed by atoms with Crippen LogP contribution in [-0.4, -0.2) is 40.7 Å². The molecule has 5 rings (SSSR count). The highest BCUT2D eigenvalue weighted by molar-refractivity contribution is 5.93. The first-order valence-corrected chi connectivity index (χ1v) is 10.3. The molecule has 6 nitrogen and oxygen atoms in total. The molecular weight excluding hydrogens is 374 g/mol. The lowest BCUT2D eigenvalue weighted by atomic mass is 10.0. The molecule has 4 heterocycles. The molecule has 1 fully saturated rings. The van der Waals surface area contributed by atoms with E-state index in [1.807, 2.05) is 18.5 Å². The number of pyridine rings is 2. The van der Waals surface area contributed by atoms with E-state index in [2.05, 4.69) is 52.5 Å². The average Bonchev–Trinajstić information content (AvgIpc) is 3.12. The van der Waals surface area contributed by atoms with Crippen molar-refractivity contribution in [2.75, 3.05) is 31.1 Å². The summed E-state index contributed by atoms with van der Waals surface area (Å²) in [7, 11) is 1.78. The van der Waals surface area contributed by atoms with Gasteiger partial charge in [-0.3, -0.25) is 4.79 Å². The van der Waals surface area contributed by atoms with Crippen molar-refractivity contribution in [3.8, 4) is 22.4 Å². The topological polar surface area (TPSA) is 66.0 Å². The number of aryl methyl sites for hydroxylation is 2. The van der Waals surface area contributed by atoms with E-state index in [0.29, 0.717) is 0 Å². The van der Waals surface area contributed by atoms with Crippen molar-refractivity contribution < 1.29 is 0 Å². The average molecular weight is 399 g/mol. The van der Waals surface area contributed by atoms with Gasteiger partial charge < -0.3 is 19.8 Å². The Morgan fingerprint density at radius 2 is 1.73 bits per heavy atom. The molecule has 1 aliphatic heterocycles. The summed E-state index contributed by atoms with van der Waals surface area (Å²) in [5, 5.41) is 4.56. The molecule has 0 atom stereocenters. The molecule has 1 saturated heterocycles. The second-order valence-corrected chi connectivity index (χ2v) is 7.89. The molecule has 152 valence electrons. The number of piperazine rings is 1. The number of rotatable bonds is 3. The van der Waals surface area contributed by atoms with Crippen LogP contribution in [0.5, 0.6) is 0 Å². The number of fused-ring (bicyclic) bond motifs is 1. The number of H-pyrrole nitrogens is 1. The van der Waals surface area contributed by atoms with Crippen LogP contribution in [0.2, 0.25) is 0 Å². The van der Waals surface area contributed by atoms with Gasteiger partial charge in [-0.1, -0.05) is 12.1 Å². The Labute approximate surface area is 175 Å². The first-order chi connectivity index (χ1) is 14.6. The van der Waals surface area contributed by atoms with Crippen LogP contribution < -0.4 is 15.8 Å². The van der Waals surface area contributed by atoms with Crippen LogP contribution in [0.3, 0.4) is 0 Å². The molecule has 0 bridgehead atoms. The van der Waals surface area contributed by atoms with Crippen LogP contribution in [0.4, 0.5) is 5.82 Å². The highest BCUT2D eigenvalue weighted by atomic mass is 16.1. The van der Waals surface area contributed by atoms with Crippen LogP contribution in [0.15, 0.2) is 59.7 Å². The zero-order valence-corrected chi connectivity index (χ0v) is 17.3. The van der Waals surface area contributed by atoms with E-state index in [4.69, 9.17) is 4.98 Å². The summed E-state index contributed by atoms with van der Waals surface area (Å²) in [6.07, 6.45) is 3.84. The SMILES string of the molecule is Cc1c(-c2ccc(=O)n(C)c2)[nH]c2cc(-c3ccc(N4CCNCC4)nc3)ccc12. The predicted octanol–water partition coefficient (Wildman–Crippen LogP) is 3.31. The number of nitrogens with zero attached hydrogens (tertiary/aromatic N) is 3. The molecule has 1 aromatic carbocycles. The maximum Gasteiger partial charge on any atom is 0.250 e. The molecule has 3 aromatic heterocycles. The minimum absolute atomic E-state index is 0.00781. The molecule has 0 aliphatic carbocycles. The van der Waals surface area contributed by atoms with Gasteiger partial charge in [0.05, 0.1) is 5.69 Å². The van der Waals surface area contributed by atoms with Gasteiger partial charge in [0.25, 0.3) is 0 Å². The summed E-state index contributed by atoms with van der Waals surface area (Å²) in [6, 6.07) is 14.2. The van der Waals surface area contributed by atoms with Crippen LogP contribution in [0.1, 0.15) is 5.56 Å². The molecule has 1 aliphatic rings. The van der Waals surface area contributed by atoms with Gasteiger partial charge in [0.2, 0.25) is 5.56 Å². The maximum absolute atomic E-state index is 11.7. The Morgan fingerprint density at radius 3 is 2.47 bits per heavy atom. The first-order valence-electron chi connectivity index (χ1n) is 10.3. The normalized spacial score (nSPS) is 14.4. The van der Waals surface area contributed by atoms with Gasteiger partial charge in [0.1, 0.15) is 5.82 Å². The highest BCUT2D eigenvalue weighted by Gasteiger charge is 2.13. The Kier molecular flexibility index (Phi) is 4.64. The molecule has 0 saturated carbocycles. The third kappa shape index (κ3) is 3.29. The minimum Gasteiger partial charge on any atom is -0.354 e. The molecule has 2 N–H and O–H groups in total. The van der Waals surface area contributed by atoms with Crippen LogP contribution in [0.25, 0.3) is 33.3 Å². The zero-order valence-electron chi connectivity index (χ0n) is 17.3. The molecule has 0 amide bonds. The molecule has 30 heavy (non-hydrogen) atoms. The van der Waals surface area contributed by atoms with Gasteiger partial charge >= 0.3 is 0 Å². The van der Waals surface area contributed by atoms with Crippen molar-refractivity contribution in [1.82, 2.24) is 19.9 Å². The molecule has 0 radical (unpaired) electrons. The third-order valence-electron chi connectivity index (χ3n) is 5.95. The van der Waals surface area contributed by atoms with Gasteiger partial charge in [0, 0.05) is 73.7 Å². The number of hydrogen-bond acceptors (Lipinski definition) is 4. The van der Waals surface area contributed by atoms with Crippen LogP contribution in [-0.2, 0) is 7.05 Å². The highest BCUT2D eigenvalue weighted by Crippen LogP contribution is 2.32. The summed E-state index contributed by atoms with van der Waals surface area (Å²) < 4.78 is 1.61. The lowest BCUT2D eigenvalue weighted by Crippen LogP contribution is -2.43. The fraction of sp³-hybridized carbons (Fsp3) is 0.250. The lowest BCUT2D eigenvalue weighted by Gasteiger charge is -2.28. The fourth-order valence-electron chi connectivity index (χ4n) is 4.19. The van der Waals surface area contributed by atoms with Crippen molar-refractivity contribution in [3.63, 3.8) is 0 Å². The monoisotopic (exact) mass is 399 g/mol. The second kappa shape index (κ2) is 7.46. The smallest absolute Gasteiger partial charge is 0.250 e. The molecule has 0 spiro atoms. The Morgan fingerprint density at radius 1 is 0.967 bits per heavy atom. The number of anilines is 1. The van der Waals surface area contributed by atoms with E-state index >= 15 is 0 Å². The minimum atomic E-state index is -0.00781. The van der Waals surface area contributed by atoms with E-state index in [9.17, 15) is 4.79 Å².